The number of nitrogens with zero attached hydrogens (tertiary/aromatic N) is 1. The van der Waals surface area contributed by atoms with Gasteiger partial charge in [-0.15, -0.1) is 0 Å². The Morgan fingerprint density at radius 1 is 1.38 bits per heavy atom. The van der Waals surface area contributed by atoms with Crippen molar-refractivity contribution in [2.75, 3.05) is 24.6 Å². The zero-order valence-electron chi connectivity index (χ0n) is 11.7. The van der Waals surface area contributed by atoms with E-state index < -0.39 is 6.10 Å². The first kappa shape index (κ1) is 14.1. The van der Waals surface area contributed by atoms with E-state index in [1.54, 1.807) is 12.3 Å². The molecular weight excluding hydrogens is 273 g/mol. The van der Waals surface area contributed by atoms with E-state index in [0.717, 1.165) is 30.0 Å². The molecule has 0 radical (unpaired) electrons. The van der Waals surface area contributed by atoms with Crippen LogP contribution in [0.2, 0.25) is 0 Å². The fourth-order valence-corrected chi connectivity index (χ4v) is 2.61. The van der Waals surface area contributed by atoms with Crippen LogP contribution in [0, 0.1) is 5.82 Å². The van der Waals surface area contributed by atoms with Crippen molar-refractivity contribution in [3.8, 4) is 0 Å². The summed E-state index contributed by atoms with van der Waals surface area (Å²) in [6.07, 6.45) is 1.86. The molecule has 0 amide bonds. The van der Waals surface area contributed by atoms with Gasteiger partial charge in [0.1, 0.15) is 18.2 Å². The number of furan rings is 1. The van der Waals surface area contributed by atoms with Gasteiger partial charge in [0, 0.05) is 18.8 Å². The molecule has 21 heavy (non-hydrogen) atoms. The quantitative estimate of drug-likeness (QED) is 0.887. The van der Waals surface area contributed by atoms with Crippen LogP contribution in [0.1, 0.15) is 11.3 Å². The molecule has 1 aliphatic rings. The average molecular weight is 291 g/mol. The minimum absolute atomic E-state index is 0.224. The molecule has 2 aromatic rings. The van der Waals surface area contributed by atoms with E-state index >= 15 is 0 Å². The third-order valence-electron chi connectivity index (χ3n) is 3.60. The number of rotatable bonds is 6. The number of ether oxygens (including phenoxy) is 1. The second-order valence-corrected chi connectivity index (χ2v) is 5.22. The van der Waals surface area contributed by atoms with Crippen molar-refractivity contribution >= 4 is 5.69 Å². The lowest BCUT2D eigenvalue weighted by Crippen LogP contribution is -2.33. The summed E-state index contributed by atoms with van der Waals surface area (Å²) in [5.74, 6) is 0.486. The lowest BCUT2D eigenvalue weighted by atomic mass is 10.2. The SMILES string of the molecule is OC(COCc1ccco1)CN1CCc2ccc(F)cc21. The smallest absolute Gasteiger partial charge is 0.129 e. The summed E-state index contributed by atoms with van der Waals surface area (Å²) in [5.41, 5.74) is 2.00. The Bertz CT molecular complexity index is 585. The second-order valence-electron chi connectivity index (χ2n) is 5.22. The fraction of sp³-hybridized carbons (Fsp3) is 0.375. The molecule has 0 fully saturated rings. The van der Waals surface area contributed by atoms with Crippen LogP contribution >= 0.6 is 0 Å². The van der Waals surface area contributed by atoms with Crippen LogP contribution in [-0.4, -0.2) is 30.9 Å². The molecule has 5 heteroatoms. The average Bonchev–Trinajstić information content (AvgIpc) is 3.09. The van der Waals surface area contributed by atoms with Crippen molar-refractivity contribution < 1.29 is 18.7 Å². The minimum Gasteiger partial charge on any atom is -0.467 e. The lowest BCUT2D eigenvalue weighted by molar-refractivity contribution is 0.0257. The number of halogens is 1. The first-order chi connectivity index (χ1) is 10.2. The standard InChI is InChI=1S/C16H18FNO3/c17-13-4-3-12-5-6-18(16(12)8-13)9-14(19)10-20-11-15-2-1-7-21-15/h1-4,7-8,14,19H,5-6,9-11H2. The number of fused-ring (bicyclic) bond motifs is 1. The Morgan fingerprint density at radius 3 is 3.10 bits per heavy atom. The lowest BCUT2D eigenvalue weighted by Gasteiger charge is -2.22. The van der Waals surface area contributed by atoms with Crippen LogP contribution < -0.4 is 4.90 Å². The Balaban J connectivity index is 1.50. The summed E-state index contributed by atoms with van der Waals surface area (Å²) in [6.45, 7) is 1.81. The number of benzene rings is 1. The van der Waals surface area contributed by atoms with Crippen LogP contribution in [0.25, 0.3) is 0 Å². The highest BCUT2D eigenvalue weighted by Gasteiger charge is 2.21. The van der Waals surface area contributed by atoms with Gasteiger partial charge in [0.25, 0.3) is 0 Å². The Hall–Kier alpha value is -1.85. The molecule has 1 aromatic carbocycles. The van der Waals surface area contributed by atoms with Crippen LogP contribution in [0.5, 0.6) is 0 Å². The van der Waals surface area contributed by atoms with Gasteiger partial charge in [-0.2, -0.15) is 0 Å². The van der Waals surface area contributed by atoms with E-state index in [1.165, 1.54) is 12.1 Å². The van der Waals surface area contributed by atoms with Crippen LogP contribution in [0.3, 0.4) is 0 Å². The highest BCUT2D eigenvalue weighted by atomic mass is 19.1. The molecule has 0 aliphatic carbocycles. The molecule has 1 atom stereocenters. The van der Waals surface area contributed by atoms with Gasteiger partial charge in [0.2, 0.25) is 0 Å². The van der Waals surface area contributed by atoms with E-state index in [9.17, 15) is 9.50 Å². The summed E-state index contributed by atoms with van der Waals surface area (Å²) in [5, 5.41) is 10.0. The van der Waals surface area contributed by atoms with Gasteiger partial charge in [-0.05, 0) is 36.2 Å². The van der Waals surface area contributed by atoms with Crippen molar-refractivity contribution in [3.05, 3.63) is 53.7 Å². The molecule has 4 nitrogen and oxygen atoms in total. The van der Waals surface area contributed by atoms with Crippen LogP contribution in [0.15, 0.2) is 41.0 Å². The fourth-order valence-electron chi connectivity index (χ4n) is 2.61. The zero-order chi connectivity index (χ0) is 14.7. The van der Waals surface area contributed by atoms with Gasteiger partial charge in [0.05, 0.1) is 19.0 Å². The van der Waals surface area contributed by atoms with Crippen LogP contribution in [-0.2, 0) is 17.8 Å². The topological polar surface area (TPSA) is 45.8 Å². The van der Waals surface area contributed by atoms with E-state index in [0.29, 0.717) is 13.2 Å². The highest BCUT2D eigenvalue weighted by Crippen LogP contribution is 2.28. The van der Waals surface area contributed by atoms with E-state index in [2.05, 4.69) is 0 Å². The number of hydrogen-bond acceptors (Lipinski definition) is 4. The largest absolute Gasteiger partial charge is 0.467 e. The molecular formula is C16H18FNO3. The molecule has 0 spiro atoms. The van der Waals surface area contributed by atoms with Gasteiger partial charge >= 0.3 is 0 Å². The third kappa shape index (κ3) is 3.43. The summed E-state index contributed by atoms with van der Waals surface area (Å²) in [7, 11) is 0. The first-order valence-corrected chi connectivity index (χ1v) is 7.04. The van der Waals surface area contributed by atoms with Gasteiger partial charge in [-0.1, -0.05) is 6.07 Å². The molecule has 2 heterocycles. The van der Waals surface area contributed by atoms with Crippen molar-refractivity contribution in [2.45, 2.75) is 19.1 Å². The highest BCUT2D eigenvalue weighted by molar-refractivity contribution is 5.58. The normalized spacial score (nSPS) is 15.2. The molecule has 1 aromatic heterocycles. The maximum atomic E-state index is 13.3. The molecule has 0 saturated carbocycles. The second kappa shape index (κ2) is 6.28. The van der Waals surface area contributed by atoms with Gasteiger partial charge < -0.3 is 19.2 Å². The number of aliphatic hydroxyl groups excluding tert-OH is 1. The van der Waals surface area contributed by atoms with Crippen molar-refractivity contribution in [3.63, 3.8) is 0 Å². The van der Waals surface area contributed by atoms with E-state index in [-0.39, 0.29) is 12.4 Å². The molecule has 0 saturated heterocycles. The maximum Gasteiger partial charge on any atom is 0.129 e. The minimum atomic E-state index is -0.617. The third-order valence-corrected chi connectivity index (χ3v) is 3.60. The Kier molecular flexibility index (Phi) is 4.22. The number of hydrogen-bond donors (Lipinski definition) is 1. The van der Waals surface area contributed by atoms with Crippen molar-refractivity contribution in [2.24, 2.45) is 0 Å². The van der Waals surface area contributed by atoms with Crippen molar-refractivity contribution in [1.29, 1.82) is 0 Å². The molecule has 1 N–H and O–H groups in total. The monoisotopic (exact) mass is 291 g/mol. The van der Waals surface area contributed by atoms with Crippen molar-refractivity contribution in [1.82, 2.24) is 0 Å². The zero-order valence-corrected chi connectivity index (χ0v) is 11.7. The summed E-state index contributed by atoms with van der Waals surface area (Å²) in [6, 6.07) is 8.44. The maximum absolute atomic E-state index is 13.3. The predicted molar refractivity (Wildman–Crippen MR) is 76.7 cm³/mol. The van der Waals surface area contributed by atoms with Gasteiger partial charge in [-0.3, -0.25) is 0 Å². The van der Waals surface area contributed by atoms with Gasteiger partial charge in [-0.25, -0.2) is 4.39 Å². The molecule has 112 valence electrons. The van der Waals surface area contributed by atoms with Gasteiger partial charge in [0.15, 0.2) is 0 Å². The summed E-state index contributed by atoms with van der Waals surface area (Å²) >= 11 is 0. The summed E-state index contributed by atoms with van der Waals surface area (Å²) < 4.78 is 23.9. The molecule has 1 aliphatic heterocycles. The van der Waals surface area contributed by atoms with Crippen LogP contribution in [0.4, 0.5) is 10.1 Å². The number of aliphatic hydroxyl groups is 1. The molecule has 0 bridgehead atoms. The predicted octanol–water partition coefficient (Wildman–Crippen LogP) is 2.36. The van der Waals surface area contributed by atoms with E-state index in [1.807, 2.05) is 17.0 Å². The first-order valence-electron chi connectivity index (χ1n) is 7.04. The number of anilines is 1. The molecule has 3 rings (SSSR count). The Morgan fingerprint density at radius 2 is 2.29 bits per heavy atom. The molecule has 1 unspecified atom stereocenters. The Labute approximate surface area is 122 Å². The summed E-state index contributed by atoms with van der Waals surface area (Å²) in [4.78, 5) is 2.00. The number of β-amino-alcohol motifs (C(OH)–C–C–N with tert-alkyl or cyclic N) is 1. The van der Waals surface area contributed by atoms with E-state index in [4.69, 9.17) is 9.15 Å².